The molecule has 2 saturated carbocycles. The number of carbonyl (C=O) groups is 1. The van der Waals surface area contributed by atoms with Crippen molar-refractivity contribution in [3.8, 4) is 52.3 Å². The highest BCUT2D eigenvalue weighted by Gasteiger charge is 2.64. The zero-order chi connectivity index (χ0) is 87.9. The molecule has 35 heteroatoms. The van der Waals surface area contributed by atoms with Crippen LogP contribution in [0, 0.1) is 40.2 Å². The minimum Gasteiger partial charge on any atom is -0.497 e. The lowest BCUT2D eigenvalue weighted by Crippen LogP contribution is -2.41. The Kier molecular flexibility index (Phi) is 45.9. The van der Waals surface area contributed by atoms with Crippen LogP contribution >= 0.6 is 144 Å². The summed E-state index contributed by atoms with van der Waals surface area (Å²) in [5.74, 6) is 4.62. The summed E-state index contributed by atoms with van der Waals surface area (Å²) in [6, 6.07) is 38.5. The summed E-state index contributed by atoms with van der Waals surface area (Å²) in [6.45, 7) is 37.5. The van der Waals surface area contributed by atoms with Gasteiger partial charge in [-0.3, -0.25) is 0 Å². The van der Waals surface area contributed by atoms with E-state index in [1.165, 1.54) is 7.11 Å². The number of hydrogen-bond acceptors (Lipinski definition) is 19. The number of hydrogen-bond donors (Lipinski definition) is 1. The highest BCUT2D eigenvalue weighted by molar-refractivity contribution is 9.12. The number of esters is 1. The number of aliphatic hydroxyl groups excluding tert-OH is 1. The van der Waals surface area contributed by atoms with Crippen molar-refractivity contribution >= 4 is 194 Å². The average Bonchev–Trinajstić information content (AvgIpc) is 1.60. The van der Waals surface area contributed by atoms with Crippen LogP contribution in [0.3, 0.4) is 0 Å². The fraction of sp³-hybridized carbons (Fsp3) is 0.487. The zero-order valence-electron chi connectivity index (χ0n) is 69.0. The van der Waals surface area contributed by atoms with Gasteiger partial charge in [0.15, 0.2) is 8.07 Å². The van der Waals surface area contributed by atoms with Crippen LogP contribution in [-0.4, -0.2) is 139 Å². The van der Waals surface area contributed by atoms with Crippen LogP contribution in [0.2, 0.25) is 19.6 Å². The fourth-order valence-electron chi connectivity index (χ4n) is 9.70. The largest absolute Gasteiger partial charge is 0.498 e. The van der Waals surface area contributed by atoms with Crippen LogP contribution in [0.15, 0.2) is 132 Å². The third-order valence-electron chi connectivity index (χ3n) is 18.9. The Morgan fingerprint density at radius 1 is 0.504 bits per heavy atom. The Hall–Kier alpha value is -3.94. The van der Waals surface area contributed by atoms with Crippen molar-refractivity contribution in [3.63, 3.8) is 0 Å². The van der Waals surface area contributed by atoms with Gasteiger partial charge in [-0.25, -0.2) is 20.8 Å². The molecule has 0 unspecified atom stereocenters. The maximum absolute atomic E-state index is 11.1. The maximum Gasteiger partial charge on any atom is 0.498 e. The number of halogens is 10. The Bertz CT molecular complexity index is 4190. The second-order valence-electron chi connectivity index (χ2n) is 29.8. The topological polar surface area (TPSA) is 250 Å². The minimum absolute atomic E-state index is 0.0453. The molecule has 3 heterocycles. The van der Waals surface area contributed by atoms with Gasteiger partial charge in [-0.1, -0.05) is 87.9 Å². The summed E-state index contributed by atoms with van der Waals surface area (Å²) in [7, 11) is 15.6. The monoisotopic (exact) mass is 2130 g/mol. The van der Waals surface area contributed by atoms with Crippen molar-refractivity contribution in [2.75, 3.05) is 60.4 Å². The van der Waals surface area contributed by atoms with Crippen molar-refractivity contribution < 1.29 is 75.2 Å². The van der Waals surface area contributed by atoms with E-state index in [0.717, 1.165) is 121 Å². The molecule has 1 N–H and O–H groups in total. The first-order chi connectivity index (χ1) is 53.6. The average molecular weight is 2130 g/mol. The summed E-state index contributed by atoms with van der Waals surface area (Å²) in [5, 5.41) is 37.5. The highest BCUT2D eigenvalue weighted by Crippen LogP contribution is 2.50. The molecule has 2 aliphatic carbocycles. The van der Waals surface area contributed by atoms with Crippen LogP contribution in [0.5, 0.6) is 34.5 Å². The van der Waals surface area contributed by atoms with Gasteiger partial charge >= 0.3 is 27.1 Å². The molecule has 5 fully saturated rings. The third-order valence-corrected chi connectivity index (χ3v) is 25.0. The lowest BCUT2D eigenvalue weighted by atomic mass is 9.49. The van der Waals surface area contributed by atoms with Crippen molar-refractivity contribution in [2.45, 2.75) is 192 Å². The van der Waals surface area contributed by atoms with E-state index < -0.39 is 38.4 Å². The van der Waals surface area contributed by atoms with Crippen LogP contribution in [-0.2, 0) is 71.8 Å². The normalized spacial score (nSPS) is 16.7. The number of nitrogens with zero attached hydrogens (tertiary/aromatic N) is 4. The van der Waals surface area contributed by atoms with E-state index in [2.05, 4.69) is 160 Å². The van der Waals surface area contributed by atoms with Crippen LogP contribution in [0.25, 0.3) is 4.85 Å². The Morgan fingerprint density at radius 2 is 0.800 bits per heavy atom. The van der Waals surface area contributed by atoms with E-state index >= 15 is 0 Å². The van der Waals surface area contributed by atoms with Gasteiger partial charge in [0.1, 0.15) is 34.5 Å². The molecule has 0 atom stereocenters. The SMILES string of the molecule is BrCCBr.CC1(C)OB(B2OC(C)(C)C(C)(C)O2)OC1(C)C.COC(=O)c1ccc(Br)c(OC)c1.COc1cc(C2(C#N)CC2)ccc1B1OC(C)(C)C(C)(C)O1.COc1cc(C2(C#N)CC2)ccc1Br.COc1cc(CCl)ccc1Br.COc1cc(CO)ccc1Br.C[Si](C)(C)C#N.O=S(Cl)Cl.[C-]#[N+]Cc1ccc(Br)c(OC)c1. The first-order valence-electron chi connectivity index (χ1n) is 35.7. The number of alkyl halides is 3. The van der Waals surface area contributed by atoms with E-state index in [-0.39, 0.29) is 57.0 Å². The molecule has 0 amide bonds. The first-order valence-corrected chi connectivity index (χ1v) is 48.7. The van der Waals surface area contributed by atoms with Gasteiger partial charge in [-0.2, -0.15) is 10.5 Å². The van der Waals surface area contributed by atoms with E-state index in [0.29, 0.717) is 23.7 Å². The summed E-state index contributed by atoms with van der Waals surface area (Å²) >= 11 is 28.7. The number of aliphatic hydroxyl groups is 1. The standard InChI is InChI=1S/C17H22BNO3.C12H24B2O4.C11H10BrNO.C9H8BrNO.C9H9BrO3.C8H8BrClO.C8H9BrO2.C4H9NSi.C2H4Br2.Cl2OS/c1-15(2)16(3,4)22-18(21-15)13-7-6-12(10-14(13)20-5)17(11-19)8-9-17;1-9(2)10(3,4)16-13(15-9)14-17-11(5,6)12(7,8)18-14;1-14-10-6-8(2-3-9(10)12)11(7-13)4-5-11;1-11-6-7-3-4-8(10)9(5-7)12-2;1-12-8-5-6(9(11)13-2)3-4-7(8)10;2*1-11-8-4-6(5-10)2-3-7(8)9;1-6(2,3)4-5;3-1-2-4;1-4(2)3/h6-7,10H,8-9H2,1-5H3;1-8H3;2-3,6H,4-5H2,1H3;3-5H,6H2,2H3;3-5H,1-2H3;2-4H,5H2,1H3;2-4,10H,5H2,1H3;1-3H3;1-2H2;. The Balaban J connectivity index is 0.000000448. The van der Waals surface area contributed by atoms with Crippen molar-refractivity contribution in [3.05, 3.63) is 176 Å². The molecule has 3 aliphatic heterocycles. The molecule has 115 heavy (non-hydrogen) atoms. The minimum atomic E-state index is -1.67. The lowest BCUT2D eigenvalue weighted by Gasteiger charge is -2.32. The molecule has 5 aliphatic rings. The quantitative estimate of drug-likeness (QED) is 0.0330. The number of benzene rings is 6. The Labute approximate surface area is 758 Å². The van der Waals surface area contributed by atoms with Crippen molar-refractivity contribution in [2.24, 2.45) is 0 Å². The molecule has 628 valence electrons. The molecule has 0 radical (unpaired) electrons. The number of rotatable bonds is 15. The summed E-state index contributed by atoms with van der Waals surface area (Å²) < 4.78 is 85.1. The maximum atomic E-state index is 11.1. The number of carbonyl (C=O) groups excluding carboxylic acids is 1. The van der Waals surface area contributed by atoms with Crippen LogP contribution in [0.4, 0.5) is 0 Å². The number of methoxy groups -OCH3 is 7. The molecule has 20 nitrogen and oxygen atoms in total. The zero-order valence-corrected chi connectivity index (χ0v) is 84.2. The molecular formula is C80H103B3Br7Cl3N4O16SSi. The van der Waals surface area contributed by atoms with Gasteiger partial charge in [-0.15, -0.1) is 11.6 Å². The second kappa shape index (κ2) is 49.2. The third kappa shape index (κ3) is 33.4. The van der Waals surface area contributed by atoms with E-state index in [1.807, 2.05) is 188 Å². The molecular weight excluding hydrogens is 2030 g/mol. The predicted molar refractivity (Wildman–Crippen MR) is 491 cm³/mol. The molecule has 0 bridgehead atoms. The van der Waals surface area contributed by atoms with E-state index in [9.17, 15) is 10.1 Å². The van der Waals surface area contributed by atoms with Gasteiger partial charge < -0.3 is 71.0 Å². The van der Waals surface area contributed by atoms with Gasteiger partial charge in [0, 0.05) is 54.6 Å². The summed E-state index contributed by atoms with van der Waals surface area (Å²) in [6.07, 6.45) is 3.77. The van der Waals surface area contributed by atoms with Crippen molar-refractivity contribution in [1.82, 2.24) is 0 Å². The number of ether oxygens (including phenoxy) is 7. The second-order valence-corrected chi connectivity index (χ2v) is 43.2. The van der Waals surface area contributed by atoms with Gasteiger partial charge in [0.05, 0.1) is 141 Å². The van der Waals surface area contributed by atoms with Crippen molar-refractivity contribution in [1.29, 1.82) is 15.8 Å². The predicted octanol–water partition coefficient (Wildman–Crippen LogP) is 22.3. The lowest BCUT2D eigenvalue weighted by molar-refractivity contribution is 0.00578. The molecule has 6 aromatic rings. The molecule has 6 aromatic carbocycles. The van der Waals surface area contributed by atoms with Gasteiger partial charge in [0.2, 0.25) is 15.8 Å². The van der Waals surface area contributed by atoms with Crippen LogP contribution < -0.4 is 33.9 Å². The highest BCUT2D eigenvalue weighted by atomic mass is 79.9. The number of nitriles is 3. The fourth-order valence-corrected chi connectivity index (χ4v) is 11.9. The molecule has 11 rings (SSSR count). The van der Waals surface area contributed by atoms with Gasteiger partial charge in [-0.05, 0) is 283 Å². The van der Waals surface area contributed by atoms with E-state index in [1.54, 1.807) is 66.9 Å². The summed E-state index contributed by atoms with van der Waals surface area (Å²) in [5.41, 5.74) is 5.82. The van der Waals surface area contributed by atoms with E-state index in [4.69, 9.17) is 94.4 Å². The summed E-state index contributed by atoms with van der Waals surface area (Å²) in [4.78, 5) is 14.4. The van der Waals surface area contributed by atoms with Gasteiger partial charge in [0.25, 0.3) is 0 Å². The van der Waals surface area contributed by atoms with Crippen LogP contribution in [0.1, 0.15) is 147 Å². The molecule has 0 spiro atoms. The molecule has 0 aromatic heterocycles. The first kappa shape index (κ1) is 107. The Morgan fingerprint density at radius 3 is 1.11 bits per heavy atom. The molecule has 3 saturated heterocycles. The smallest absolute Gasteiger partial charge is 0.497 e.